The van der Waals surface area contributed by atoms with Gasteiger partial charge in [0.1, 0.15) is 0 Å². The molecule has 0 amide bonds. The van der Waals surface area contributed by atoms with Crippen LogP contribution in [0.25, 0.3) is 0 Å². The van der Waals surface area contributed by atoms with E-state index in [0.29, 0.717) is 0 Å². The van der Waals surface area contributed by atoms with Crippen molar-refractivity contribution < 1.29 is 5.48 Å². The van der Waals surface area contributed by atoms with Gasteiger partial charge in [0.25, 0.3) is 0 Å². The zero-order chi connectivity index (χ0) is 6.41. The number of hydrogen-bond acceptors (Lipinski definition) is 0. The van der Waals surface area contributed by atoms with E-state index in [9.17, 15) is 0 Å². The van der Waals surface area contributed by atoms with Crippen LogP contribution in [0.1, 0.15) is 26.7 Å². The van der Waals surface area contributed by atoms with Gasteiger partial charge < -0.3 is 5.48 Å². The molecule has 1 nitrogen and oxygen atoms in total. The van der Waals surface area contributed by atoms with Gasteiger partial charge >= 0.3 is 60.3 Å². The molecule has 0 saturated carbocycles. The zero-order valence-electron chi connectivity index (χ0n) is 6.83. The molecule has 1 radical (unpaired) electrons. The zero-order valence-corrected chi connectivity index (χ0v) is 9.68. The second kappa shape index (κ2) is 8.76. The van der Waals surface area contributed by atoms with Crippen molar-refractivity contribution in [1.82, 2.24) is 0 Å². The van der Waals surface area contributed by atoms with Gasteiger partial charge in [-0.3, -0.25) is 0 Å². The maximum atomic E-state index is 2.53. The molecule has 0 aliphatic heterocycles. The molecule has 0 rings (SSSR count). The average molecular weight is 238 g/mol. The summed E-state index contributed by atoms with van der Waals surface area (Å²) in [6.07, 6.45) is 2.90. The molecule has 0 aliphatic rings. The molecule has 0 fully saturated rings. The van der Waals surface area contributed by atoms with E-state index in [1.54, 1.807) is 8.87 Å². The van der Waals surface area contributed by atoms with Gasteiger partial charge in [-0.15, -0.1) is 0 Å². The summed E-state index contributed by atoms with van der Waals surface area (Å²) in [5, 5.41) is 0. The van der Waals surface area contributed by atoms with Crippen molar-refractivity contribution in [3.05, 3.63) is 0 Å². The monoisotopic (exact) mass is 239 g/mol. The van der Waals surface area contributed by atoms with Crippen molar-refractivity contribution in [3.63, 3.8) is 0 Å². The smallest absolute Gasteiger partial charge is 0.412 e. The number of hydrogen-bond donors (Lipinski definition) is 0. The van der Waals surface area contributed by atoms with Crippen LogP contribution in [0.4, 0.5) is 0 Å². The molecule has 0 unspecified atom stereocenters. The Labute approximate surface area is 65.9 Å². The standard InChI is InChI=1S/C4H9.C2H5.CH3.H2O.Sn/c1-3-4-2;1-2;;;/h1,3-4H2,2H3;1H2,2H3;1H3;1H2;. The van der Waals surface area contributed by atoms with Crippen LogP contribution in [-0.4, -0.2) is 25.2 Å². The fraction of sp³-hybridized carbons (Fsp3) is 1.00. The van der Waals surface area contributed by atoms with Crippen molar-refractivity contribution in [3.8, 4) is 0 Å². The molecule has 9 heavy (non-hydrogen) atoms. The van der Waals surface area contributed by atoms with Crippen LogP contribution in [-0.2, 0) is 0 Å². The van der Waals surface area contributed by atoms with E-state index in [4.69, 9.17) is 0 Å². The SMILES string of the molecule is CCC[CH2][Sn]([CH3])[CH2]C.O. The van der Waals surface area contributed by atoms with Crippen LogP contribution in [0.3, 0.4) is 0 Å². The Kier molecular flexibility index (Phi) is 12.1. The topological polar surface area (TPSA) is 31.5 Å². The van der Waals surface area contributed by atoms with E-state index >= 15 is 0 Å². The molecule has 2 N–H and O–H groups in total. The normalized spacial score (nSPS) is 9.33. The van der Waals surface area contributed by atoms with E-state index in [0.717, 1.165) is 0 Å². The van der Waals surface area contributed by atoms with Crippen molar-refractivity contribution in [2.45, 2.75) is 40.5 Å². The van der Waals surface area contributed by atoms with Crippen LogP contribution < -0.4 is 0 Å². The molecule has 0 aromatic rings. The van der Waals surface area contributed by atoms with E-state index < -0.39 is 19.8 Å². The fourth-order valence-electron chi connectivity index (χ4n) is 0.655. The largest absolute Gasteiger partial charge is 0.412 e. The minimum absolute atomic E-state index is 0. The Balaban J connectivity index is 0. The quantitative estimate of drug-likeness (QED) is 0.671. The first-order valence-corrected chi connectivity index (χ1v) is 10.5. The minimum Gasteiger partial charge on any atom is -0.412 e. The summed E-state index contributed by atoms with van der Waals surface area (Å²) in [5.41, 5.74) is 0. The van der Waals surface area contributed by atoms with Crippen LogP contribution in [0.15, 0.2) is 0 Å². The third kappa shape index (κ3) is 8.76. The maximum absolute atomic E-state index is 2.53. The molecule has 0 heterocycles. The van der Waals surface area contributed by atoms with Gasteiger partial charge in [0.15, 0.2) is 0 Å². The van der Waals surface area contributed by atoms with Gasteiger partial charge in [0.05, 0.1) is 0 Å². The summed E-state index contributed by atoms with van der Waals surface area (Å²) in [6.45, 7) is 4.64. The third-order valence-corrected chi connectivity index (χ3v) is 8.45. The fourth-order valence-corrected chi connectivity index (χ4v) is 4.40. The molecule has 0 aromatic carbocycles. The predicted molar refractivity (Wildman–Crippen MR) is 45.4 cm³/mol. The second-order valence-corrected chi connectivity index (χ2v) is 11.3. The molecule has 0 saturated heterocycles. The maximum Gasteiger partial charge on any atom is -0.412 e. The first-order chi connectivity index (χ1) is 3.81. The van der Waals surface area contributed by atoms with E-state index in [-0.39, 0.29) is 5.48 Å². The van der Waals surface area contributed by atoms with Gasteiger partial charge in [-0.25, -0.2) is 0 Å². The van der Waals surface area contributed by atoms with Gasteiger partial charge in [0, 0.05) is 0 Å². The minimum atomic E-state index is -0.678. The summed E-state index contributed by atoms with van der Waals surface area (Å²) in [7, 11) is 0. The molecule has 2 heteroatoms. The Bertz CT molecular complexity index is 48.2. The van der Waals surface area contributed by atoms with E-state index in [1.165, 1.54) is 12.8 Å². The van der Waals surface area contributed by atoms with E-state index in [2.05, 4.69) is 18.8 Å². The molecule has 0 spiro atoms. The third-order valence-electron chi connectivity index (χ3n) is 1.56. The molecule has 57 valence electrons. The molecular formula is C7H19OSn. The first kappa shape index (κ1) is 12.4. The Hall–Kier alpha value is 0.759. The van der Waals surface area contributed by atoms with Gasteiger partial charge in [-0.1, -0.05) is 0 Å². The van der Waals surface area contributed by atoms with Crippen LogP contribution >= 0.6 is 0 Å². The Morgan fingerprint density at radius 1 is 1.22 bits per heavy atom. The second-order valence-electron chi connectivity index (χ2n) is 2.41. The summed E-state index contributed by atoms with van der Waals surface area (Å²) in [5.74, 6) is 0. The average Bonchev–Trinajstić information content (AvgIpc) is 1.83. The molecule has 0 atom stereocenters. The molecule has 0 aliphatic carbocycles. The van der Waals surface area contributed by atoms with Gasteiger partial charge in [-0.05, 0) is 0 Å². The molecule has 0 bridgehead atoms. The van der Waals surface area contributed by atoms with E-state index in [1.807, 2.05) is 0 Å². The van der Waals surface area contributed by atoms with Crippen LogP contribution in [0.2, 0.25) is 13.8 Å². The van der Waals surface area contributed by atoms with Gasteiger partial charge in [0.2, 0.25) is 0 Å². The first-order valence-electron chi connectivity index (χ1n) is 3.62. The number of rotatable bonds is 4. The Morgan fingerprint density at radius 2 is 1.78 bits per heavy atom. The van der Waals surface area contributed by atoms with Crippen molar-refractivity contribution in [2.24, 2.45) is 0 Å². The summed E-state index contributed by atoms with van der Waals surface area (Å²) in [4.78, 5) is 2.53. The predicted octanol–water partition coefficient (Wildman–Crippen LogP) is 2.11. The van der Waals surface area contributed by atoms with Crippen molar-refractivity contribution >= 4 is 19.8 Å². The number of unbranched alkanes of at least 4 members (excludes halogenated alkanes) is 1. The van der Waals surface area contributed by atoms with Gasteiger partial charge in [-0.2, -0.15) is 0 Å². The van der Waals surface area contributed by atoms with Crippen molar-refractivity contribution in [2.75, 3.05) is 0 Å². The van der Waals surface area contributed by atoms with Crippen molar-refractivity contribution in [1.29, 1.82) is 0 Å². The molecule has 0 aromatic heterocycles. The van der Waals surface area contributed by atoms with Crippen LogP contribution in [0.5, 0.6) is 0 Å². The Morgan fingerprint density at radius 3 is 2.11 bits per heavy atom. The summed E-state index contributed by atoms with van der Waals surface area (Å²) < 4.78 is 3.16. The summed E-state index contributed by atoms with van der Waals surface area (Å²) in [6, 6.07) is 0. The summed E-state index contributed by atoms with van der Waals surface area (Å²) >= 11 is -0.678. The molecular weight excluding hydrogens is 219 g/mol. The van der Waals surface area contributed by atoms with Crippen LogP contribution in [0, 0.1) is 0 Å².